The number of nitro groups is 1. The van der Waals surface area contributed by atoms with Crippen LogP contribution >= 0.6 is 0 Å². The van der Waals surface area contributed by atoms with Crippen molar-refractivity contribution < 1.29 is 23.7 Å². The van der Waals surface area contributed by atoms with Crippen molar-refractivity contribution >= 4 is 17.6 Å². The van der Waals surface area contributed by atoms with Gasteiger partial charge in [-0.15, -0.1) is 10.2 Å². The third kappa shape index (κ3) is 5.95. The van der Waals surface area contributed by atoms with Crippen molar-refractivity contribution in [2.24, 2.45) is 0 Å². The lowest BCUT2D eigenvalue weighted by Gasteiger charge is -2.17. The number of hydrogen-bond acceptors (Lipinski definition) is 8. The van der Waals surface area contributed by atoms with E-state index in [2.05, 4.69) is 15.5 Å². The second-order valence-electron chi connectivity index (χ2n) is 6.83. The minimum atomic E-state index is -0.547. The molecule has 31 heavy (non-hydrogen) atoms. The minimum absolute atomic E-state index is 0.0558. The van der Waals surface area contributed by atoms with E-state index in [4.69, 9.17) is 9.15 Å². The van der Waals surface area contributed by atoms with Gasteiger partial charge in [-0.1, -0.05) is 29.8 Å². The zero-order valence-corrected chi connectivity index (χ0v) is 16.9. The molecule has 1 amide bonds. The van der Waals surface area contributed by atoms with Crippen LogP contribution in [0.1, 0.15) is 36.4 Å². The van der Waals surface area contributed by atoms with Gasteiger partial charge < -0.3 is 14.5 Å². The van der Waals surface area contributed by atoms with E-state index in [0.29, 0.717) is 5.56 Å². The molecule has 3 aromatic rings. The topological polar surface area (TPSA) is 137 Å². The van der Waals surface area contributed by atoms with Crippen molar-refractivity contribution in [1.29, 1.82) is 0 Å². The van der Waals surface area contributed by atoms with Crippen molar-refractivity contribution in [2.45, 2.75) is 32.9 Å². The summed E-state index contributed by atoms with van der Waals surface area (Å²) >= 11 is 0. The number of nitrogens with one attached hydrogen (secondary N) is 1. The molecule has 0 saturated carbocycles. The summed E-state index contributed by atoms with van der Waals surface area (Å²) in [7, 11) is 0. The summed E-state index contributed by atoms with van der Waals surface area (Å²) in [6.45, 7) is 3.09. The Labute approximate surface area is 177 Å². The lowest BCUT2D eigenvalue weighted by atomic mass is 10.0. The molecule has 1 heterocycles. The third-order valence-corrected chi connectivity index (χ3v) is 4.38. The predicted molar refractivity (Wildman–Crippen MR) is 109 cm³/mol. The summed E-state index contributed by atoms with van der Waals surface area (Å²) < 4.78 is 10.7. The average molecular weight is 424 g/mol. The molecule has 160 valence electrons. The van der Waals surface area contributed by atoms with Crippen LogP contribution in [0.15, 0.2) is 52.9 Å². The summed E-state index contributed by atoms with van der Waals surface area (Å²) in [5.74, 6) is -0.581. The lowest BCUT2D eigenvalue weighted by Crippen LogP contribution is -2.28. The van der Waals surface area contributed by atoms with Crippen LogP contribution in [0.25, 0.3) is 11.5 Å². The number of benzene rings is 2. The summed E-state index contributed by atoms with van der Waals surface area (Å²) in [4.78, 5) is 34.0. The predicted octanol–water partition coefficient (Wildman–Crippen LogP) is 3.26. The molecule has 0 aliphatic heterocycles. The Morgan fingerprint density at radius 3 is 2.42 bits per heavy atom. The van der Waals surface area contributed by atoms with Gasteiger partial charge in [-0.25, -0.2) is 0 Å². The van der Waals surface area contributed by atoms with Gasteiger partial charge in [-0.3, -0.25) is 19.7 Å². The summed E-state index contributed by atoms with van der Waals surface area (Å²) in [6, 6.07) is 12.6. The minimum Gasteiger partial charge on any atom is -0.456 e. The smallest absolute Gasteiger partial charge is 0.308 e. The molecule has 0 aliphatic rings. The highest BCUT2D eigenvalue weighted by Crippen LogP contribution is 2.22. The van der Waals surface area contributed by atoms with Crippen LogP contribution in [0.5, 0.6) is 0 Å². The quantitative estimate of drug-likeness (QED) is 0.330. The molecule has 0 bridgehead atoms. The van der Waals surface area contributed by atoms with E-state index in [1.165, 1.54) is 31.2 Å². The van der Waals surface area contributed by atoms with Crippen molar-refractivity contribution in [3.63, 3.8) is 0 Å². The zero-order valence-electron chi connectivity index (χ0n) is 16.9. The number of ether oxygens (including phenoxy) is 1. The Kier molecular flexibility index (Phi) is 6.71. The van der Waals surface area contributed by atoms with Crippen LogP contribution in [-0.2, 0) is 20.9 Å². The number of aromatic nitrogens is 2. The van der Waals surface area contributed by atoms with Crippen LogP contribution in [0.4, 0.5) is 5.69 Å². The number of carbonyl (C=O) groups is 2. The van der Waals surface area contributed by atoms with Gasteiger partial charge in [0.25, 0.3) is 11.6 Å². The molecule has 0 fully saturated rings. The van der Waals surface area contributed by atoms with Gasteiger partial charge in [0.1, 0.15) is 0 Å². The van der Waals surface area contributed by atoms with Crippen molar-refractivity contribution in [1.82, 2.24) is 15.5 Å². The monoisotopic (exact) mass is 424 g/mol. The van der Waals surface area contributed by atoms with E-state index >= 15 is 0 Å². The van der Waals surface area contributed by atoms with E-state index in [1.807, 2.05) is 31.2 Å². The maximum Gasteiger partial charge on any atom is 0.308 e. The number of carbonyl (C=O) groups excluding carboxylic acids is 2. The summed E-state index contributed by atoms with van der Waals surface area (Å²) in [6.07, 6.45) is -0.0635. The second kappa shape index (κ2) is 9.61. The van der Waals surface area contributed by atoms with Crippen molar-refractivity contribution in [3.05, 3.63) is 75.7 Å². The molecule has 0 spiro atoms. The molecule has 10 heteroatoms. The first-order chi connectivity index (χ1) is 14.8. The maximum atomic E-state index is 12.3. The van der Waals surface area contributed by atoms with E-state index < -0.39 is 16.9 Å². The SMILES string of the molecule is CC(=O)NC(CC(=O)OCc1nnc(-c2ccc([N+](=O)[O-])cc2)o1)c1ccc(C)cc1. The highest BCUT2D eigenvalue weighted by atomic mass is 16.6. The third-order valence-electron chi connectivity index (χ3n) is 4.38. The number of non-ortho nitro benzene ring substituents is 1. The van der Waals surface area contributed by atoms with E-state index in [1.54, 1.807) is 0 Å². The average Bonchev–Trinajstić information content (AvgIpc) is 3.21. The number of hydrogen-bond donors (Lipinski definition) is 1. The van der Waals surface area contributed by atoms with Gasteiger partial charge in [0.2, 0.25) is 11.8 Å². The van der Waals surface area contributed by atoms with Crippen LogP contribution in [-0.4, -0.2) is 27.0 Å². The van der Waals surface area contributed by atoms with Gasteiger partial charge in [0.15, 0.2) is 6.61 Å². The number of nitro benzene ring substituents is 1. The maximum absolute atomic E-state index is 12.3. The number of nitrogens with zero attached hydrogens (tertiary/aromatic N) is 3. The fourth-order valence-electron chi connectivity index (χ4n) is 2.82. The second-order valence-corrected chi connectivity index (χ2v) is 6.83. The summed E-state index contributed by atoms with van der Waals surface area (Å²) in [5.41, 5.74) is 2.30. The van der Waals surface area contributed by atoms with Gasteiger partial charge in [-0.2, -0.15) is 0 Å². The Balaban J connectivity index is 1.60. The molecule has 10 nitrogen and oxygen atoms in total. The Morgan fingerprint density at radius 1 is 1.13 bits per heavy atom. The lowest BCUT2D eigenvalue weighted by molar-refractivity contribution is -0.384. The van der Waals surface area contributed by atoms with E-state index in [-0.39, 0.29) is 36.4 Å². The van der Waals surface area contributed by atoms with Crippen molar-refractivity contribution in [2.75, 3.05) is 0 Å². The molecular formula is C21H20N4O6. The zero-order chi connectivity index (χ0) is 22.4. The molecule has 1 unspecified atom stereocenters. The van der Waals surface area contributed by atoms with E-state index in [9.17, 15) is 19.7 Å². The van der Waals surface area contributed by atoms with Crippen LogP contribution in [0.3, 0.4) is 0 Å². The Bertz CT molecular complexity index is 1080. The number of amides is 1. The molecular weight excluding hydrogens is 404 g/mol. The van der Waals surface area contributed by atoms with E-state index in [0.717, 1.165) is 11.1 Å². The van der Waals surface area contributed by atoms with Gasteiger partial charge >= 0.3 is 5.97 Å². The Hall–Kier alpha value is -4.08. The molecule has 0 aliphatic carbocycles. The fraction of sp³-hybridized carbons (Fsp3) is 0.238. The van der Waals surface area contributed by atoms with Crippen LogP contribution in [0.2, 0.25) is 0 Å². The molecule has 1 aromatic heterocycles. The molecule has 2 aromatic carbocycles. The Morgan fingerprint density at radius 2 is 1.81 bits per heavy atom. The van der Waals surface area contributed by atoms with Crippen molar-refractivity contribution in [3.8, 4) is 11.5 Å². The molecule has 3 rings (SSSR count). The molecule has 1 N–H and O–H groups in total. The normalized spacial score (nSPS) is 11.5. The number of rotatable bonds is 8. The van der Waals surface area contributed by atoms with Crippen LogP contribution < -0.4 is 5.32 Å². The van der Waals surface area contributed by atoms with Gasteiger partial charge in [0.05, 0.1) is 17.4 Å². The first-order valence-electron chi connectivity index (χ1n) is 9.38. The highest BCUT2D eigenvalue weighted by molar-refractivity contribution is 5.76. The number of esters is 1. The molecule has 0 saturated heterocycles. The fourth-order valence-corrected chi connectivity index (χ4v) is 2.82. The van der Waals surface area contributed by atoms with Gasteiger partial charge in [0, 0.05) is 24.6 Å². The largest absolute Gasteiger partial charge is 0.456 e. The number of aryl methyl sites for hydroxylation is 1. The standard InChI is InChI=1S/C21H20N4O6/c1-13-3-5-15(6-4-13)18(22-14(2)26)11-20(27)30-12-19-23-24-21(31-19)16-7-9-17(10-8-16)25(28)29/h3-10,18H,11-12H2,1-2H3,(H,22,26). The van der Waals surface area contributed by atoms with Gasteiger partial charge in [-0.05, 0) is 24.6 Å². The molecule has 0 radical (unpaired) electrons. The van der Waals surface area contributed by atoms with Crippen LogP contribution in [0, 0.1) is 17.0 Å². The first kappa shape index (κ1) is 21.6. The summed E-state index contributed by atoms with van der Waals surface area (Å²) in [5, 5.41) is 21.1. The first-order valence-corrected chi connectivity index (χ1v) is 9.38. The molecule has 1 atom stereocenters. The highest BCUT2D eigenvalue weighted by Gasteiger charge is 2.19.